The quantitative estimate of drug-likeness (QED) is 0.453. The maximum absolute atomic E-state index is 12.5. The van der Waals surface area contributed by atoms with Crippen molar-refractivity contribution in [2.75, 3.05) is 16.4 Å². The minimum atomic E-state index is -0.478. The number of aryl methyl sites for hydroxylation is 2. The number of thiophene rings is 1. The Balaban J connectivity index is 1.35. The Hall–Kier alpha value is -2.43. The third-order valence-electron chi connectivity index (χ3n) is 4.71. The highest BCUT2D eigenvalue weighted by Gasteiger charge is 2.25. The van der Waals surface area contributed by atoms with E-state index in [1.54, 1.807) is 0 Å². The van der Waals surface area contributed by atoms with Crippen molar-refractivity contribution < 1.29 is 9.59 Å². The Labute approximate surface area is 186 Å². The SMILES string of the molecule is Cc1ccc(Nc2nnc(SCC(=O)Nc3sc4c(c3C(N)=O)CCCC4)s2)cc1. The summed E-state index contributed by atoms with van der Waals surface area (Å²) in [7, 11) is 0. The first-order valence-electron chi connectivity index (χ1n) is 9.54. The number of hydrogen-bond donors (Lipinski definition) is 3. The van der Waals surface area contributed by atoms with Gasteiger partial charge in [0.2, 0.25) is 11.0 Å². The monoisotopic (exact) mass is 459 g/mol. The van der Waals surface area contributed by atoms with Gasteiger partial charge in [0.05, 0.1) is 11.3 Å². The lowest BCUT2D eigenvalue weighted by Crippen LogP contribution is -2.19. The van der Waals surface area contributed by atoms with Gasteiger partial charge in [-0.2, -0.15) is 0 Å². The second-order valence-corrected chi connectivity index (χ2v) is 10.3. The number of amides is 2. The molecule has 4 rings (SSSR count). The van der Waals surface area contributed by atoms with Crippen molar-refractivity contribution in [2.45, 2.75) is 36.9 Å². The average Bonchev–Trinajstić information content (AvgIpc) is 3.32. The second kappa shape index (κ2) is 9.15. The molecule has 10 heteroatoms. The summed E-state index contributed by atoms with van der Waals surface area (Å²) >= 11 is 4.17. The lowest BCUT2D eigenvalue weighted by molar-refractivity contribution is -0.113. The number of hydrogen-bond acceptors (Lipinski definition) is 8. The number of rotatable bonds is 7. The van der Waals surface area contributed by atoms with Gasteiger partial charge in [0.1, 0.15) is 5.00 Å². The largest absolute Gasteiger partial charge is 0.365 e. The molecule has 7 nitrogen and oxygen atoms in total. The van der Waals surface area contributed by atoms with E-state index in [0.29, 0.717) is 20.0 Å². The molecule has 0 radical (unpaired) electrons. The molecule has 156 valence electrons. The van der Waals surface area contributed by atoms with E-state index in [1.807, 2.05) is 31.2 Å². The molecule has 30 heavy (non-hydrogen) atoms. The summed E-state index contributed by atoms with van der Waals surface area (Å²) in [6.45, 7) is 2.03. The molecule has 2 heterocycles. The molecule has 4 N–H and O–H groups in total. The fourth-order valence-corrected chi connectivity index (χ4v) is 6.17. The highest BCUT2D eigenvalue weighted by atomic mass is 32.2. The molecule has 1 aliphatic carbocycles. The van der Waals surface area contributed by atoms with Crippen LogP contribution in [0.1, 0.15) is 39.2 Å². The van der Waals surface area contributed by atoms with Crippen molar-refractivity contribution in [3.8, 4) is 0 Å². The van der Waals surface area contributed by atoms with Crippen molar-refractivity contribution in [2.24, 2.45) is 5.73 Å². The maximum atomic E-state index is 12.5. The van der Waals surface area contributed by atoms with E-state index in [1.165, 1.54) is 40.0 Å². The highest BCUT2D eigenvalue weighted by molar-refractivity contribution is 8.01. The minimum Gasteiger partial charge on any atom is -0.365 e. The molecule has 0 saturated heterocycles. The summed E-state index contributed by atoms with van der Waals surface area (Å²) in [5.41, 5.74) is 9.20. The first-order chi connectivity index (χ1) is 14.5. The van der Waals surface area contributed by atoms with Crippen LogP contribution in [-0.2, 0) is 17.6 Å². The molecule has 0 spiro atoms. The number of primary amides is 1. The average molecular weight is 460 g/mol. The van der Waals surface area contributed by atoms with E-state index in [9.17, 15) is 9.59 Å². The van der Waals surface area contributed by atoms with Crippen LogP contribution in [-0.4, -0.2) is 27.8 Å². The number of carbonyl (C=O) groups excluding carboxylic acids is 2. The van der Waals surface area contributed by atoms with Crippen molar-refractivity contribution in [1.82, 2.24) is 10.2 Å². The fourth-order valence-electron chi connectivity index (χ4n) is 3.28. The zero-order chi connectivity index (χ0) is 21.1. The first kappa shape index (κ1) is 20.8. The van der Waals surface area contributed by atoms with Gasteiger partial charge in [-0.25, -0.2) is 0 Å². The number of thioether (sulfide) groups is 1. The van der Waals surface area contributed by atoms with Crippen LogP contribution in [0.4, 0.5) is 15.8 Å². The topological polar surface area (TPSA) is 110 Å². The van der Waals surface area contributed by atoms with Gasteiger partial charge < -0.3 is 16.4 Å². The van der Waals surface area contributed by atoms with Crippen LogP contribution < -0.4 is 16.4 Å². The number of carbonyl (C=O) groups is 2. The molecule has 1 aliphatic rings. The van der Waals surface area contributed by atoms with Gasteiger partial charge in [0.15, 0.2) is 4.34 Å². The molecule has 2 aromatic heterocycles. The van der Waals surface area contributed by atoms with E-state index in [-0.39, 0.29) is 11.7 Å². The molecule has 0 fully saturated rings. The molecule has 1 aromatic carbocycles. The molecule has 0 atom stereocenters. The Kier molecular flexibility index (Phi) is 6.35. The first-order valence-corrected chi connectivity index (χ1v) is 12.2. The summed E-state index contributed by atoms with van der Waals surface area (Å²) in [5.74, 6) is -0.488. The summed E-state index contributed by atoms with van der Waals surface area (Å²) in [6.07, 6.45) is 3.93. The predicted molar refractivity (Wildman–Crippen MR) is 123 cm³/mol. The van der Waals surface area contributed by atoms with Crippen molar-refractivity contribution in [3.63, 3.8) is 0 Å². The van der Waals surface area contributed by atoms with E-state index in [2.05, 4.69) is 20.8 Å². The Bertz CT molecular complexity index is 1070. The number of fused-ring (bicyclic) bond motifs is 1. The molecule has 0 saturated carbocycles. The third kappa shape index (κ3) is 4.82. The molecule has 2 amide bonds. The van der Waals surface area contributed by atoms with Gasteiger partial charge in [-0.05, 0) is 50.3 Å². The zero-order valence-corrected chi connectivity index (χ0v) is 18.8. The van der Waals surface area contributed by atoms with Gasteiger partial charge in [-0.15, -0.1) is 21.5 Å². The highest BCUT2D eigenvalue weighted by Crippen LogP contribution is 2.38. The second-order valence-electron chi connectivity index (χ2n) is 6.98. The minimum absolute atomic E-state index is 0.180. The number of anilines is 3. The Morgan fingerprint density at radius 2 is 1.90 bits per heavy atom. The van der Waals surface area contributed by atoms with Crippen LogP contribution in [0.5, 0.6) is 0 Å². The Morgan fingerprint density at radius 1 is 1.13 bits per heavy atom. The van der Waals surface area contributed by atoms with Crippen molar-refractivity contribution >= 4 is 62.1 Å². The van der Waals surface area contributed by atoms with Gasteiger partial charge in [0.25, 0.3) is 5.91 Å². The number of aromatic nitrogens is 2. The Morgan fingerprint density at radius 3 is 2.67 bits per heavy atom. The lowest BCUT2D eigenvalue weighted by Gasteiger charge is -2.11. The maximum Gasteiger partial charge on any atom is 0.251 e. The van der Waals surface area contributed by atoms with E-state index in [4.69, 9.17) is 5.73 Å². The summed E-state index contributed by atoms with van der Waals surface area (Å²) < 4.78 is 0.695. The van der Waals surface area contributed by atoms with Gasteiger partial charge >= 0.3 is 0 Å². The van der Waals surface area contributed by atoms with Crippen LogP contribution in [0.25, 0.3) is 0 Å². The van der Waals surface area contributed by atoms with E-state index < -0.39 is 5.91 Å². The van der Waals surface area contributed by atoms with E-state index >= 15 is 0 Å². The van der Waals surface area contributed by atoms with Crippen molar-refractivity contribution in [3.05, 3.63) is 45.8 Å². The van der Waals surface area contributed by atoms with Crippen LogP contribution in [0.3, 0.4) is 0 Å². The molecule has 0 bridgehead atoms. The molecule has 3 aromatic rings. The molecular formula is C20H21N5O2S3. The number of nitrogens with two attached hydrogens (primary N) is 1. The molecule has 0 unspecified atom stereocenters. The van der Waals surface area contributed by atoms with Crippen LogP contribution >= 0.6 is 34.4 Å². The summed E-state index contributed by atoms with van der Waals surface area (Å²) in [4.78, 5) is 25.6. The molecular weight excluding hydrogens is 438 g/mol. The van der Waals surface area contributed by atoms with Gasteiger partial charge in [0, 0.05) is 10.6 Å². The molecule has 0 aliphatic heterocycles. The van der Waals surface area contributed by atoms with Crippen molar-refractivity contribution in [1.29, 1.82) is 0 Å². The van der Waals surface area contributed by atoms with Gasteiger partial charge in [-0.1, -0.05) is 40.8 Å². The van der Waals surface area contributed by atoms with E-state index in [0.717, 1.165) is 41.8 Å². The normalized spacial score (nSPS) is 13.0. The zero-order valence-electron chi connectivity index (χ0n) is 16.4. The van der Waals surface area contributed by atoms with Crippen LogP contribution in [0.2, 0.25) is 0 Å². The van der Waals surface area contributed by atoms with Crippen LogP contribution in [0, 0.1) is 6.92 Å². The fraction of sp³-hybridized carbons (Fsp3) is 0.300. The third-order valence-corrected chi connectivity index (χ3v) is 7.89. The number of nitrogens with zero attached hydrogens (tertiary/aromatic N) is 2. The lowest BCUT2D eigenvalue weighted by atomic mass is 9.95. The standard InChI is InChI=1S/C20H21N5O2S3/c1-11-6-8-12(9-7-11)22-19-24-25-20(30-19)28-10-15(26)23-18-16(17(21)27)13-4-2-3-5-14(13)29-18/h6-9H,2-5,10H2,1H3,(H2,21,27)(H,22,24)(H,23,26). The number of benzene rings is 1. The summed E-state index contributed by atoms with van der Waals surface area (Å²) in [6, 6.07) is 8.00. The smallest absolute Gasteiger partial charge is 0.251 e. The number of nitrogens with one attached hydrogen (secondary N) is 2. The predicted octanol–water partition coefficient (Wildman–Crippen LogP) is 4.36. The van der Waals surface area contributed by atoms with Crippen LogP contribution in [0.15, 0.2) is 28.6 Å². The summed E-state index contributed by atoms with van der Waals surface area (Å²) in [5, 5.41) is 15.6. The van der Waals surface area contributed by atoms with Gasteiger partial charge in [-0.3, -0.25) is 9.59 Å².